The first-order valence-electron chi connectivity index (χ1n) is 14.5. The average molecular weight is 716 g/mol. The molecule has 1 aliphatic heterocycles. The van der Waals surface area contributed by atoms with Crippen LogP contribution in [0.2, 0.25) is 0 Å². The molecule has 0 saturated carbocycles. The number of nitrogens with zero attached hydrogens (tertiary/aromatic N) is 2. The zero-order valence-electron chi connectivity index (χ0n) is 24.9. The summed E-state index contributed by atoms with van der Waals surface area (Å²) in [5.74, 6) is -0.305. The normalized spacial score (nSPS) is 14.5. The summed E-state index contributed by atoms with van der Waals surface area (Å²) in [7, 11) is 0. The predicted molar refractivity (Wildman–Crippen MR) is 184 cm³/mol. The summed E-state index contributed by atoms with van der Waals surface area (Å²) in [6.07, 6.45) is 3.79. The maximum absolute atomic E-state index is 14.2. The Morgan fingerprint density at radius 2 is 1.78 bits per heavy atom. The summed E-state index contributed by atoms with van der Waals surface area (Å²) < 4.78 is 28.2. The molecule has 5 aromatic rings. The minimum atomic E-state index is -0.746. The van der Waals surface area contributed by atoms with E-state index in [1.54, 1.807) is 53.6 Å². The Morgan fingerprint density at radius 3 is 2.48 bits per heavy atom. The smallest absolute Gasteiger partial charge is 0.338 e. The highest BCUT2D eigenvalue weighted by atomic mass is 79.9. The molecule has 6 nitrogen and oxygen atoms in total. The third-order valence-electron chi connectivity index (χ3n) is 7.40. The number of ether oxygens (including phenoxy) is 2. The van der Waals surface area contributed by atoms with E-state index in [4.69, 9.17) is 14.5 Å². The summed E-state index contributed by atoms with van der Waals surface area (Å²) in [4.78, 5) is 34.2. The minimum absolute atomic E-state index is 0.0771. The van der Waals surface area contributed by atoms with Gasteiger partial charge in [0.05, 0.1) is 32.9 Å². The van der Waals surface area contributed by atoms with Gasteiger partial charge in [-0.2, -0.15) is 0 Å². The van der Waals surface area contributed by atoms with E-state index in [0.29, 0.717) is 36.4 Å². The van der Waals surface area contributed by atoms with Gasteiger partial charge < -0.3 is 9.47 Å². The Balaban J connectivity index is 1.46. The molecule has 10 heteroatoms. The SMILES string of the molecule is CCOC(=O)C1=C(c2ccccc2)N=c2s/c(=C\c3ccc(OCc4ccccc4F)c(Br)c3)c(=O)n2[C@H]1c1ccc(SC)cc1. The van der Waals surface area contributed by atoms with Crippen molar-refractivity contribution in [3.8, 4) is 5.75 Å². The molecule has 1 aromatic heterocycles. The fourth-order valence-corrected chi connectivity index (χ4v) is 7.11. The van der Waals surface area contributed by atoms with Crippen LogP contribution < -0.4 is 19.6 Å². The molecule has 0 spiro atoms. The molecule has 6 rings (SSSR count). The van der Waals surface area contributed by atoms with Crippen molar-refractivity contribution in [1.29, 1.82) is 0 Å². The topological polar surface area (TPSA) is 69.9 Å². The number of thioether (sulfide) groups is 1. The van der Waals surface area contributed by atoms with Gasteiger partial charge in [-0.25, -0.2) is 14.2 Å². The maximum atomic E-state index is 14.2. The molecule has 0 N–H and O–H groups in total. The van der Waals surface area contributed by atoms with E-state index in [1.165, 1.54) is 17.4 Å². The summed E-state index contributed by atoms with van der Waals surface area (Å²) in [5, 5.41) is 0. The van der Waals surface area contributed by atoms with E-state index in [1.807, 2.05) is 73.0 Å². The Kier molecular flexibility index (Phi) is 9.67. The Labute approximate surface area is 281 Å². The number of carbonyl (C=O) groups is 1. The van der Waals surface area contributed by atoms with Crippen LogP contribution in [0.25, 0.3) is 11.8 Å². The number of fused-ring (bicyclic) bond motifs is 1. The van der Waals surface area contributed by atoms with E-state index in [-0.39, 0.29) is 24.6 Å². The molecular formula is C36H28BrFN2O4S2. The van der Waals surface area contributed by atoms with E-state index in [2.05, 4.69) is 15.9 Å². The van der Waals surface area contributed by atoms with Gasteiger partial charge in [0.25, 0.3) is 5.56 Å². The van der Waals surface area contributed by atoms with Gasteiger partial charge in [-0.1, -0.05) is 78.1 Å². The monoisotopic (exact) mass is 714 g/mol. The molecule has 232 valence electrons. The highest BCUT2D eigenvalue weighted by molar-refractivity contribution is 9.10. The van der Waals surface area contributed by atoms with Gasteiger partial charge >= 0.3 is 5.97 Å². The second-order valence-corrected chi connectivity index (χ2v) is 13.0. The lowest BCUT2D eigenvalue weighted by molar-refractivity contribution is -0.138. The van der Waals surface area contributed by atoms with E-state index < -0.39 is 12.0 Å². The average Bonchev–Trinajstić information content (AvgIpc) is 3.38. The van der Waals surface area contributed by atoms with Crippen LogP contribution in [0.1, 0.15) is 35.2 Å². The van der Waals surface area contributed by atoms with Gasteiger partial charge in [0.2, 0.25) is 0 Å². The summed E-state index contributed by atoms with van der Waals surface area (Å²) in [6.45, 7) is 2.02. The highest BCUT2D eigenvalue weighted by Gasteiger charge is 2.35. The fourth-order valence-electron chi connectivity index (χ4n) is 5.19. The lowest BCUT2D eigenvalue weighted by Crippen LogP contribution is -2.40. The molecule has 0 aliphatic carbocycles. The lowest BCUT2D eigenvalue weighted by atomic mass is 9.93. The number of rotatable bonds is 9. The van der Waals surface area contributed by atoms with Gasteiger partial charge in [0.15, 0.2) is 4.80 Å². The van der Waals surface area contributed by atoms with Gasteiger partial charge in [0, 0.05) is 16.0 Å². The number of halogens is 2. The fraction of sp³-hybridized carbons (Fsp3) is 0.139. The van der Waals surface area contributed by atoms with Gasteiger partial charge in [-0.15, -0.1) is 11.8 Å². The third-order valence-corrected chi connectivity index (χ3v) is 9.75. The van der Waals surface area contributed by atoms with Crippen LogP contribution in [-0.4, -0.2) is 23.4 Å². The quantitative estimate of drug-likeness (QED) is 0.120. The number of carbonyl (C=O) groups excluding carboxylic acids is 1. The molecule has 0 radical (unpaired) electrons. The number of hydrogen-bond acceptors (Lipinski definition) is 7. The lowest BCUT2D eigenvalue weighted by Gasteiger charge is -2.26. The molecule has 46 heavy (non-hydrogen) atoms. The van der Waals surface area contributed by atoms with Crippen LogP contribution in [-0.2, 0) is 16.1 Å². The number of aromatic nitrogens is 1. The van der Waals surface area contributed by atoms with Crippen molar-refractivity contribution >= 4 is 56.8 Å². The van der Waals surface area contributed by atoms with Gasteiger partial charge in [-0.3, -0.25) is 9.36 Å². The molecule has 0 bridgehead atoms. The Hall–Kier alpha value is -4.25. The van der Waals surface area contributed by atoms with Gasteiger partial charge in [0.1, 0.15) is 18.2 Å². The standard InChI is InChI=1S/C36H28BrFN2O4S2/c1-3-43-35(42)31-32(23-9-5-4-6-10-23)39-36-40(33(31)24-14-16-26(45-2)17-15-24)34(41)30(46-36)20-22-13-18-29(27(37)19-22)44-21-25-11-7-8-12-28(25)38/h4-20,33H,3,21H2,1-2H3/b30-20-/t33-/m0/s1. The van der Waals surface area contributed by atoms with Crippen LogP contribution >= 0.6 is 39.0 Å². The molecular weight excluding hydrogens is 687 g/mol. The first-order chi connectivity index (χ1) is 22.4. The molecule has 1 aliphatic rings. The molecule has 0 saturated heterocycles. The molecule has 1 atom stereocenters. The Bertz CT molecular complexity index is 2130. The molecule has 4 aromatic carbocycles. The summed E-state index contributed by atoms with van der Waals surface area (Å²) in [6, 6.07) is 28.5. The molecule has 2 heterocycles. The van der Waals surface area contributed by atoms with Crippen LogP contribution in [0.3, 0.4) is 0 Å². The highest BCUT2D eigenvalue weighted by Crippen LogP contribution is 2.36. The van der Waals surface area contributed by atoms with E-state index in [0.717, 1.165) is 21.6 Å². The van der Waals surface area contributed by atoms with E-state index in [9.17, 15) is 14.0 Å². The maximum Gasteiger partial charge on any atom is 0.338 e. The second kappa shape index (κ2) is 14.0. The van der Waals surface area contributed by atoms with Crippen molar-refractivity contribution in [3.63, 3.8) is 0 Å². The number of esters is 1. The predicted octanol–water partition coefficient (Wildman–Crippen LogP) is 7.14. The second-order valence-electron chi connectivity index (χ2n) is 10.3. The van der Waals surface area contributed by atoms with Crippen molar-refractivity contribution in [3.05, 3.63) is 155 Å². The first-order valence-corrected chi connectivity index (χ1v) is 17.3. The zero-order chi connectivity index (χ0) is 32.2. The van der Waals surface area contributed by atoms with Gasteiger partial charge in [-0.05, 0) is 76.6 Å². The van der Waals surface area contributed by atoms with E-state index >= 15 is 0 Å². The van der Waals surface area contributed by atoms with Crippen molar-refractivity contribution in [2.24, 2.45) is 4.99 Å². The van der Waals surface area contributed by atoms with Crippen molar-refractivity contribution in [2.45, 2.75) is 24.5 Å². The minimum Gasteiger partial charge on any atom is -0.488 e. The summed E-state index contributed by atoms with van der Waals surface area (Å²) in [5.41, 5.74) is 3.25. The van der Waals surface area contributed by atoms with Crippen LogP contribution in [0.5, 0.6) is 5.75 Å². The van der Waals surface area contributed by atoms with Crippen LogP contribution in [0, 0.1) is 5.82 Å². The summed E-state index contributed by atoms with van der Waals surface area (Å²) >= 11 is 6.42. The number of hydrogen-bond donors (Lipinski definition) is 0. The molecule has 0 fully saturated rings. The molecule has 0 unspecified atom stereocenters. The first kappa shape index (κ1) is 31.7. The number of thiazole rings is 1. The van der Waals surface area contributed by atoms with Crippen LogP contribution in [0.4, 0.5) is 4.39 Å². The molecule has 0 amide bonds. The van der Waals surface area contributed by atoms with Crippen molar-refractivity contribution in [2.75, 3.05) is 12.9 Å². The largest absolute Gasteiger partial charge is 0.488 e. The Morgan fingerprint density at radius 1 is 1.04 bits per heavy atom. The van der Waals surface area contributed by atoms with Crippen molar-refractivity contribution < 1.29 is 18.7 Å². The third kappa shape index (κ3) is 6.51. The van der Waals surface area contributed by atoms with Crippen molar-refractivity contribution in [1.82, 2.24) is 4.57 Å². The van der Waals surface area contributed by atoms with Crippen LogP contribution in [0.15, 0.2) is 122 Å². The zero-order valence-corrected chi connectivity index (χ0v) is 28.1. The number of benzene rings is 4.